The summed E-state index contributed by atoms with van der Waals surface area (Å²) in [6.45, 7) is 0.501. The van der Waals surface area contributed by atoms with Crippen LogP contribution in [0, 0.1) is 0 Å². The molecule has 3 aromatic rings. The Hall–Kier alpha value is -3.35. The van der Waals surface area contributed by atoms with E-state index in [2.05, 4.69) is 20.5 Å². The molecule has 0 saturated heterocycles. The molecule has 0 radical (unpaired) electrons. The maximum absolute atomic E-state index is 12.3. The van der Waals surface area contributed by atoms with E-state index in [9.17, 15) is 4.79 Å². The van der Waals surface area contributed by atoms with E-state index >= 15 is 0 Å². The Bertz CT molecular complexity index is 878. The monoisotopic (exact) mass is 352 g/mol. The Morgan fingerprint density at radius 3 is 2.69 bits per heavy atom. The number of H-pyrrole nitrogens is 1. The van der Waals surface area contributed by atoms with Gasteiger partial charge in [-0.3, -0.25) is 14.9 Å². The summed E-state index contributed by atoms with van der Waals surface area (Å²) in [6, 6.07) is 12.9. The van der Waals surface area contributed by atoms with Crippen LogP contribution in [0.5, 0.6) is 11.5 Å². The fraction of sp³-hybridized carbons (Fsp3) is 0.211. The summed E-state index contributed by atoms with van der Waals surface area (Å²) in [4.78, 5) is 16.5. The first-order valence-electron chi connectivity index (χ1n) is 8.17. The van der Waals surface area contributed by atoms with Crippen LogP contribution in [0.3, 0.4) is 0 Å². The van der Waals surface area contributed by atoms with Crippen LogP contribution in [0.4, 0.5) is 0 Å². The minimum atomic E-state index is -0.208. The van der Waals surface area contributed by atoms with Crippen molar-refractivity contribution in [2.45, 2.75) is 6.42 Å². The predicted octanol–water partition coefficient (Wildman–Crippen LogP) is 2.46. The molecule has 1 aromatic carbocycles. The highest BCUT2D eigenvalue weighted by Gasteiger charge is 2.13. The number of aromatic nitrogens is 3. The summed E-state index contributed by atoms with van der Waals surface area (Å²) < 4.78 is 10.5. The third-order valence-electron chi connectivity index (χ3n) is 3.89. The van der Waals surface area contributed by atoms with Gasteiger partial charge in [0.2, 0.25) is 0 Å². The normalized spacial score (nSPS) is 10.4. The molecule has 2 heterocycles. The second-order valence-corrected chi connectivity index (χ2v) is 5.56. The Kier molecular flexibility index (Phi) is 5.48. The van der Waals surface area contributed by atoms with Gasteiger partial charge in [-0.15, -0.1) is 0 Å². The van der Waals surface area contributed by atoms with Crippen LogP contribution in [-0.2, 0) is 6.42 Å². The molecule has 26 heavy (non-hydrogen) atoms. The summed E-state index contributed by atoms with van der Waals surface area (Å²) in [7, 11) is 3.16. The first-order valence-corrected chi connectivity index (χ1v) is 8.17. The zero-order valence-electron chi connectivity index (χ0n) is 14.7. The molecule has 0 spiro atoms. The zero-order valence-corrected chi connectivity index (χ0v) is 14.7. The van der Waals surface area contributed by atoms with Crippen LogP contribution in [0.2, 0.25) is 0 Å². The van der Waals surface area contributed by atoms with Gasteiger partial charge in [-0.1, -0.05) is 6.07 Å². The van der Waals surface area contributed by atoms with Crippen molar-refractivity contribution < 1.29 is 14.3 Å². The summed E-state index contributed by atoms with van der Waals surface area (Å²) in [5.74, 6) is 1.04. The highest BCUT2D eigenvalue weighted by Crippen LogP contribution is 2.31. The number of aromatic amines is 1. The standard InChI is InChI=1S/C19H20N4O3/c1-25-17-7-6-13(11-18(17)26-2)15-12-16(23-22-15)19(24)21-10-8-14-5-3-4-9-20-14/h3-7,9,11-12H,8,10H2,1-2H3,(H,21,24)(H,22,23). The molecular weight excluding hydrogens is 332 g/mol. The topological polar surface area (TPSA) is 89.1 Å². The lowest BCUT2D eigenvalue weighted by atomic mass is 10.1. The van der Waals surface area contributed by atoms with E-state index in [1.165, 1.54) is 0 Å². The lowest BCUT2D eigenvalue weighted by Crippen LogP contribution is -2.26. The molecule has 0 unspecified atom stereocenters. The molecule has 0 aliphatic heterocycles. The van der Waals surface area contributed by atoms with E-state index in [4.69, 9.17) is 9.47 Å². The highest BCUT2D eigenvalue weighted by molar-refractivity contribution is 5.93. The largest absolute Gasteiger partial charge is 0.493 e. The van der Waals surface area contributed by atoms with Gasteiger partial charge in [0.05, 0.1) is 19.9 Å². The van der Waals surface area contributed by atoms with Crippen LogP contribution >= 0.6 is 0 Å². The molecule has 2 N–H and O–H groups in total. The molecule has 0 bridgehead atoms. The van der Waals surface area contributed by atoms with Crippen molar-refractivity contribution in [3.8, 4) is 22.8 Å². The second kappa shape index (κ2) is 8.15. The molecule has 2 aromatic heterocycles. The van der Waals surface area contributed by atoms with Crippen LogP contribution in [-0.4, -0.2) is 41.9 Å². The number of benzene rings is 1. The Balaban J connectivity index is 1.64. The van der Waals surface area contributed by atoms with Gasteiger partial charge in [-0.2, -0.15) is 5.10 Å². The van der Waals surface area contributed by atoms with E-state index in [-0.39, 0.29) is 5.91 Å². The average Bonchev–Trinajstić information content (AvgIpc) is 3.18. The minimum Gasteiger partial charge on any atom is -0.493 e. The number of carbonyl (C=O) groups is 1. The number of carbonyl (C=O) groups excluding carboxylic acids is 1. The molecule has 0 aliphatic rings. The molecule has 134 valence electrons. The summed E-state index contributed by atoms with van der Waals surface area (Å²) in [5.41, 5.74) is 2.81. The smallest absolute Gasteiger partial charge is 0.269 e. The molecule has 3 rings (SSSR count). The van der Waals surface area contributed by atoms with Crippen LogP contribution < -0.4 is 14.8 Å². The minimum absolute atomic E-state index is 0.208. The van der Waals surface area contributed by atoms with Gasteiger partial charge in [0.15, 0.2) is 11.5 Å². The lowest BCUT2D eigenvalue weighted by Gasteiger charge is -2.08. The maximum Gasteiger partial charge on any atom is 0.269 e. The number of pyridine rings is 1. The molecule has 7 nitrogen and oxygen atoms in total. The quantitative estimate of drug-likeness (QED) is 0.682. The number of rotatable bonds is 7. The van der Waals surface area contributed by atoms with Crippen molar-refractivity contribution in [1.29, 1.82) is 0 Å². The van der Waals surface area contributed by atoms with Crippen molar-refractivity contribution in [1.82, 2.24) is 20.5 Å². The van der Waals surface area contributed by atoms with E-state index in [1.54, 1.807) is 32.5 Å². The molecule has 0 aliphatic carbocycles. The third-order valence-corrected chi connectivity index (χ3v) is 3.89. The number of nitrogens with one attached hydrogen (secondary N) is 2. The molecule has 0 fully saturated rings. The van der Waals surface area contributed by atoms with Gasteiger partial charge in [0, 0.05) is 30.4 Å². The fourth-order valence-corrected chi connectivity index (χ4v) is 2.53. The van der Waals surface area contributed by atoms with E-state index in [0.29, 0.717) is 35.9 Å². The van der Waals surface area contributed by atoms with Crippen molar-refractivity contribution in [3.05, 3.63) is 60.0 Å². The van der Waals surface area contributed by atoms with Crippen molar-refractivity contribution in [2.24, 2.45) is 0 Å². The number of hydrogen-bond acceptors (Lipinski definition) is 5. The second-order valence-electron chi connectivity index (χ2n) is 5.56. The molecule has 7 heteroatoms. The average molecular weight is 352 g/mol. The third kappa shape index (κ3) is 4.00. The number of methoxy groups -OCH3 is 2. The summed E-state index contributed by atoms with van der Waals surface area (Å²) >= 11 is 0. The van der Waals surface area contributed by atoms with Crippen molar-refractivity contribution in [3.63, 3.8) is 0 Å². The van der Waals surface area contributed by atoms with Crippen LogP contribution in [0.15, 0.2) is 48.7 Å². The van der Waals surface area contributed by atoms with E-state index in [0.717, 1.165) is 11.3 Å². The van der Waals surface area contributed by atoms with Crippen LogP contribution in [0.25, 0.3) is 11.3 Å². The highest BCUT2D eigenvalue weighted by atomic mass is 16.5. The van der Waals surface area contributed by atoms with Gasteiger partial charge >= 0.3 is 0 Å². The summed E-state index contributed by atoms with van der Waals surface area (Å²) in [6.07, 6.45) is 2.41. The Labute approximate surface area is 151 Å². The first-order chi connectivity index (χ1) is 12.7. The Morgan fingerprint density at radius 2 is 1.96 bits per heavy atom. The van der Waals surface area contributed by atoms with Gasteiger partial charge in [0.1, 0.15) is 5.69 Å². The molecule has 0 saturated carbocycles. The van der Waals surface area contributed by atoms with Crippen molar-refractivity contribution in [2.75, 3.05) is 20.8 Å². The predicted molar refractivity (Wildman–Crippen MR) is 97.4 cm³/mol. The van der Waals surface area contributed by atoms with Gasteiger partial charge in [0.25, 0.3) is 5.91 Å². The summed E-state index contributed by atoms with van der Waals surface area (Å²) in [5, 5.41) is 9.84. The Morgan fingerprint density at radius 1 is 1.12 bits per heavy atom. The number of hydrogen-bond donors (Lipinski definition) is 2. The maximum atomic E-state index is 12.3. The number of amides is 1. The molecular formula is C19H20N4O3. The van der Waals surface area contributed by atoms with E-state index in [1.807, 2.05) is 30.3 Å². The SMILES string of the molecule is COc1ccc(-c2cc(C(=O)NCCc3ccccn3)[nH]n2)cc1OC. The van der Waals surface area contributed by atoms with Crippen LogP contribution in [0.1, 0.15) is 16.2 Å². The number of ether oxygens (including phenoxy) is 2. The van der Waals surface area contributed by atoms with E-state index < -0.39 is 0 Å². The molecule has 0 atom stereocenters. The fourth-order valence-electron chi connectivity index (χ4n) is 2.53. The first kappa shape index (κ1) is 17.5. The van der Waals surface area contributed by atoms with Gasteiger partial charge in [-0.25, -0.2) is 0 Å². The number of nitrogens with zero attached hydrogens (tertiary/aromatic N) is 2. The lowest BCUT2D eigenvalue weighted by molar-refractivity contribution is 0.0949. The zero-order chi connectivity index (χ0) is 18.4. The van der Waals surface area contributed by atoms with Gasteiger partial charge < -0.3 is 14.8 Å². The van der Waals surface area contributed by atoms with Gasteiger partial charge in [-0.05, 0) is 36.4 Å². The molecule has 1 amide bonds. The van der Waals surface area contributed by atoms with Crippen molar-refractivity contribution >= 4 is 5.91 Å².